The highest BCUT2D eigenvalue weighted by atomic mass is 79.9. The van der Waals surface area contributed by atoms with E-state index < -0.39 is 5.97 Å². The highest BCUT2D eigenvalue weighted by molar-refractivity contribution is 9.11. The SMILES string of the molecule is O=C(O)C[n+]1c(/C=C2/Nc3cc(Cl)ccc3S2)sc2sc(Br)cc21. The third kappa shape index (κ3) is 3.09. The van der Waals surface area contributed by atoms with E-state index in [1.807, 2.05) is 34.9 Å². The summed E-state index contributed by atoms with van der Waals surface area (Å²) in [6.45, 7) is -0.0638. The van der Waals surface area contributed by atoms with E-state index in [4.69, 9.17) is 11.6 Å². The quantitative estimate of drug-likeness (QED) is 0.523. The van der Waals surface area contributed by atoms with Gasteiger partial charge in [0.25, 0.3) is 5.01 Å². The first kappa shape index (κ1) is 16.4. The fourth-order valence-corrected chi connectivity index (χ4v) is 6.84. The van der Waals surface area contributed by atoms with Gasteiger partial charge in [0.2, 0.25) is 12.1 Å². The van der Waals surface area contributed by atoms with Gasteiger partial charge < -0.3 is 10.4 Å². The number of hydrogen-bond acceptors (Lipinski definition) is 5. The van der Waals surface area contributed by atoms with Crippen LogP contribution in [-0.2, 0) is 11.3 Å². The number of nitrogens with zero attached hydrogens (tertiary/aromatic N) is 1. The Morgan fingerprint density at radius 1 is 1.38 bits per heavy atom. The predicted octanol–water partition coefficient (Wildman–Crippen LogP) is 5.27. The number of thiazole rings is 1. The van der Waals surface area contributed by atoms with E-state index in [0.717, 1.165) is 33.9 Å². The van der Waals surface area contributed by atoms with Crippen molar-refractivity contribution in [2.45, 2.75) is 11.4 Å². The smallest absolute Gasteiger partial charge is 0.370 e. The summed E-state index contributed by atoms with van der Waals surface area (Å²) < 4.78 is 3.92. The van der Waals surface area contributed by atoms with Crippen LogP contribution in [0.25, 0.3) is 15.6 Å². The predicted molar refractivity (Wildman–Crippen MR) is 104 cm³/mol. The summed E-state index contributed by atoms with van der Waals surface area (Å²) in [5, 5.41) is 15.1. The van der Waals surface area contributed by atoms with Crippen LogP contribution in [0.4, 0.5) is 5.69 Å². The van der Waals surface area contributed by atoms with Gasteiger partial charge in [-0.15, -0.1) is 11.3 Å². The number of thiophene rings is 1. The minimum atomic E-state index is -0.858. The highest BCUT2D eigenvalue weighted by Crippen LogP contribution is 2.43. The molecule has 0 atom stereocenters. The largest absolute Gasteiger partial charge is 0.477 e. The number of benzene rings is 1. The molecule has 9 heteroatoms. The van der Waals surface area contributed by atoms with Crippen molar-refractivity contribution in [1.29, 1.82) is 0 Å². The van der Waals surface area contributed by atoms with Crippen LogP contribution in [0.1, 0.15) is 5.01 Å². The standard InChI is InChI=1S/C15H8BrClN2O2S3/c16-11-4-9-15(23-11)24-13(19(9)6-14(20)21)5-12-18-8-3-7(17)1-2-10(8)22-12/h1-5H,6H2,(H,20,21)/p+1. The van der Waals surface area contributed by atoms with E-state index in [1.54, 1.807) is 34.4 Å². The normalized spacial score (nSPS) is 15.0. The van der Waals surface area contributed by atoms with Crippen LogP contribution in [-0.4, -0.2) is 11.1 Å². The van der Waals surface area contributed by atoms with Crippen LogP contribution in [0.15, 0.2) is 38.0 Å². The Bertz CT molecular complexity index is 1010. The second-order valence-electron chi connectivity index (χ2n) is 5.02. The Kier molecular flexibility index (Phi) is 4.34. The summed E-state index contributed by atoms with van der Waals surface area (Å²) in [5.74, 6) is -0.858. The van der Waals surface area contributed by atoms with Gasteiger partial charge in [-0.2, -0.15) is 4.57 Å². The molecule has 0 aliphatic carbocycles. The number of thioether (sulfide) groups is 1. The van der Waals surface area contributed by atoms with Crippen molar-refractivity contribution in [2.24, 2.45) is 0 Å². The van der Waals surface area contributed by atoms with E-state index in [1.165, 1.54) is 0 Å². The summed E-state index contributed by atoms with van der Waals surface area (Å²) in [6.07, 6.45) is 1.99. The number of fused-ring (bicyclic) bond motifs is 2. The number of hydrogen-bond donors (Lipinski definition) is 2. The molecule has 3 aromatic rings. The van der Waals surface area contributed by atoms with Gasteiger partial charge in [-0.25, -0.2) is 4.79 Å². The highest BCUT2D eigenvalue weighted by Gasteiger charge is 2.26. The molecule has 1 aliphatic rings. The first-order valence-electron chi connectivity index (χ1n) is 6.79. The molecular weight excluding hydrogens is 452 g/mol. The van der Waals surface area contributed by atoms with Gasteiger partial charge in [0.15, 0.2) is 4.01 Å². The first-order valence-corrected chi connectivity index (χ1v) is 10.4. The lowest BCUT2D eigenvalue weighted by Gasteiger charge is -1.98. The number of anilines is 1. The zero-order chi connectivity index (χ0) is 16.8. The Morgan fingerprint density at radius 3 is 3.00 bits per heavy atom. The zero-order valence-electron chi connectivity index (χ0n) is 11.9. The molecule has 4 nitrogen and oxygen atoms in total. The lowest BCUT2D eigenvalue weighted by Crippen LogP contribution is -2.39. The molecule has 0 bridgehead atoms. The molecule has 122 valence electrons. The number of rotatable bonds is 3. The molecule has 0 fully saturated rings. The van der Waals surface area contributed by atoms with E-state index in [9.17, 15) is 9.90 Å². The lowest BCUT2D eigenvalue weighted by molar-refractivity contribution is -0.657. The van der Waals surface area contributed by atoms with Crippen LogP contribution >= 0.6 is 62.0 Å². The molecule has 1 aliphatic heterocycles. The Morgan fingerprint density at radius 2 is 2.21 bits per heavy atom. The molecule has 0 amide bonds. The maximum absolute atomic E-state index is 11.2. The van der Waals surface area contributed by atoms with E-state index in [-0.39, 0.29) is 6.54 Å². The number of aliphatic carboxylic acids is 1. The van der Waals surface area contributed by atoms with Crippen LogP contribution in [0.5, 0.6) is 0 Å². The Hall–Kier alpha value is -1.06. The van der Waals surface area contributed by atoms with Gasteiger partial charge >= 0.3 is 5.97 Å². The molecular formula is C15H9BrClN2O2S3+. The molecule has 4 rings (SSSR count). The fourth-order valence-electron chi connectivity index (χ4n) is 2.42. The molecule has 2 aromatic heterocycles. The van der Waals surface area contributed by atoms with Crippen molar-refractivity contribution in [3.8, 4) is 0 Å². The second kappa shape index (κ2) is 6.34. The average molecular weight is 461 g/mol. The minimum absolute atomic E-state index is 0.0638. The fraction of sp³-hybridized carbons (Fsp3) is 0.0667. The van der Waals surface area contributed by atoms with Crippen molar-refractivity contribution >= 4 is 89.2 Å². The van der Waals surface area contributed by atoms with Crippen LogP contribution in [0.2, 0.25) is 5.02 Å². The van der Waals surface area contributed by atoms with Gasteiger partial charge in [0.05, 0.1) is 20.6 Å². The summed E-state index contributed by atoms with van der Waals surface area (Å²) in [4.78, 5) is 12.3. The number of carboxylic acids is 1. The van der Waals surface area contributed by atoms with Crippen LogP contribution in [0, 0.1) is 0 Å². The number of halogens is 2. The first-order chi connectivity index (χ1) is 11.5. The van der Waals surface area contributed by atoms with Crippen molar-refractivity contribution in [3.63, 3.8) is 0 Å². The van der Waals surface area contributed by atoms with E-state index in [0.29, 0.717) is 5.02 Å². The topological polar surface area (TPSA) is 53.2 Å². The van der Waals surface area contributed by atoms with Gasteiger partial charge in [0.1, 0.15) is 0 Å². The molecule has 0 saturated carbocycles. The van der Waals surface area contributed by atoms with Crippen molar-refractivity contribution in [3.05, 3.63) is 43.1 Å². The number of carbonyl (C=O) groups is 1. The average Bonchev–Trinajstić information content (AvgIpc) is 3.13. The zero-order valence-corrected chi connectivity index (χ0v) is 16.7. The summed E-state index contributed by atoms with van der Waals surface area (Å²) >= 11 is 14.3. The number of carboxylic acid groups (broad SMARTS) is 1. The minimum Gasteiger partial charge on any atom is -0.477 e. The molecule has 0 spiro atoms. The third-order valence-electron chi connectivity index (χ3n) is 3.37. The molecule has 3 heterocycles. The maximum Gasteiger partial charge on any atom is 0.370 e. The lowest BCUT2D eigenvalue weighted by atomic mass is 10.3. The molecule has 1 aromatic carbocycles. The summed E-state index contributed by atoms with van der Waals surface area (Å²) in [5.41, 5.74) is 1.92. The van der Waals surface area contributed by atoms with Crippen molar-refractivity contribution < 1.29 is 14.5 Å². The summed E-state index contributed by atoms with van der Waals surface area (Å²) in [6, 6.07) is 7.69. The van der Waals surface area contributed by atoms with Crippen molar-refractivity contribution in [1.82, 2.24) is 0 Å². The van der Waals surface area contributed by atoms with Crippen LogP contribution < -0.4 is 9.88 Å². The second-order valence-corrected chi connectivity index (χ2v) is 10.3. The third-order valence-corrected chi connectivity index (χ3v) is 7.49. The summed E-state index contributed by atoms with van der Waals surface area (Å²) in [7, 11) is 0. The van der Waals surface area contributed by atoms with Gasteiger partial charge in [-0.3, -0.25) is 0 Å². The number of aromatic nitrogens is 1. The van der Waals surface area contributed by atoms with Gasteiger partial charge in [-0.1, -0.05) is 34.7 Å². The molecule has 0 unspecified atom stereocenters. The van der Waals surface area contributed by atoms with E-state index in [2.05, 4.69) is 21.2 Å². The molecule has 2 N–H and O–H groups in total. The Labute approximate surface area is 162 Å². The van der Waals surface area contributed by atoms with Crippen molar-refractivity contribution in [2.75, 3.05) is 5.32 Å². The maximum atomic E-state index is 11.2. The van der Waals surface area contributed by atoms with Crippen LogP contribution in [0.3, 0.4) is 0 Å². The van der Waals surface area contributed by atoms with Gasteiger partial charge in [-0.05, 0) is 34.1 Å². The Balaban J connectivity index is 1.74. The molecule has 0 saturated heterocycles. The van der Waals surface area contributed by atoms with Gasteiger partial charge in [0, 0.05) is 16.0 Å². The van der Waals surface area contributed by atoms with E-state index >= 15 is 0 Å². The molecule has 0 radical (unpaired) electrons. The number of nitrogens with one attached hydrogen (secondary N) is 1. The molecule has 24 heavy (non-hydrogen) atoms. The monoisotopic (exact) mass is 459 g/mol.